The molecule has 0 bridgehead atoms. The highest BCUT2D eigenvalue weighted by atomic mass is 16.2. The van der Waals surface area contributed by atoms with Gasteiger partial charge in [-0.2, -0.15) is 0 Å². The maximum atomic E-state index is 12.9. The summed E-state index contributed by atoms with van der Waals surface area (Å²) in [6.45, 7) is 7.41. The molecular formula is C22H30N2O2. The van der Waals surface area contributed by atoms with Crippen LogP contribution < -0.4 is 10.9 Å². The largest absolute Gasteiger partial charge is 0.352 e. The third kappa shape index (κ3) is 5.07. The minimum Gasteiger partial charge on any atom is -0.352 e. The average Bonchev–Trinajstić information content (AvgIpc) is 2.65. The van der Waals surface area contributed by atoms with E-state index in [2.05, 4.69) is 19.2 Å². The van der Waals surface area contributed by atoms with Gasteiger partial charge in [-0.1, -0.05) is 57.0 Å². The van der Waals surface area contributed by atoms with Crippen LogP contribution in [0.5, 0.6) is 0 Å². The van der Waals surface area contributed by atoms with Crippen molar-refractivity contribution >= 4 is 5.91 Å². The lowest BCUT2D eigenvalue weighted by atomic mass is 10.1. The van der Waals surface area contributed by atoms with Gasteiger partial charge in [0.15, 0.2) is 0 Å². The van der Waals surface area contributed by atoms with Gasteiger partial charge in [0, 0.05) is 18.8 Å². The van der Waals surface area contributed by atoms with Crippen molar-refractivity contribution < 1.29 is 4.79 Å². The number of hydrogen-bond donors (Lipinski definition) is 1. The zero-order chi connectivity index (χ0) is 18.9. The molecule has 1 aromatic heterocycles. The molecule has 4 nitrogen and oxygen atoms in total. The Labute approximate surface area is 156 Å². The van der Waals surface area contributed by atoms with Crippen molar-refractivity contribution in [3.8, 4) is 0 Å². The second-order valence-corrected chi connectivity index (χ2v) is 6.74. The molecule has 1 N–H and O–H groups in total. The Kier molecular flexibility index (Phi) is 7.64. The number of rotatable bonds is 9. The Morgan fingerprint density at radius 2 is 1.81 bits per heavy atom. The van der Waals surface area contributed by atoms with Gasteiger partial charge in [0.1, 0.15) is 5.56 Å². The maximum absolute atomic E-state index is 12.9. The summed E-state index contributed by atoms with van der Waals surface area (Å²) >= 11 is 0. The third-order valence-corrected chi connectivity index (χ3v) is 4.63. The van der Waals surface area contributed by atoms with Gasteiger partial charge in [-0.15, -0.1) is 0 Å². The van der Waals surface area contributed by atoms with Crippen LogP contribution in [0.1, 0.15) is 60.3 Å². The highest BCUT2D eigenvalue weighted by Gasteiger charge is 2.17. The number of benzene rings is 1. The summed E-state index contributed by atoms with van der Waals surface area (Å²) in [5.41, 5.74) is 3.35. The molecule has 2 aromatic rings. The topological polar surface area (TPSA) is 51.1 Å². The monoisotopic (exact) mass is 354 g/mol. The second kappa shape index (κ2) is 9.95. The summed E-state index contributed by atoms with van der Waals surface area (Å²) in [6, 6.07) is 11.8. The first-order valence-corrected chi connectivity index (χ1v) is 9.63. The van der Waals surface area contributed by atoms with E-state index in [0.29, 0.717) is 13.1 Å². The minimum atomic E-state index is -0.276. The molecule has 1 amide bonds. The molecule has 0 unspecified atom stereocenters. The van der Waals surface area contributed by atoms with Crippen molar-refractivity contribution in [1.29, 1.82) is 0 Å². The van der Waals surface area contributed by atoms with Gasteiger partial charge in [0.05, 0.1) is 0 Å². The van der Waals surface area contributed by atoms with Crippen molar-refractivity contribution in [3.05, 3.63) is 69.1 Å². The molecule has 0 aliphatic rings. The van der Waals surface area contributed by atoms with E-state index < -0.39 is 0 Å². The molecule has 0 radical (unpaired) electrons. The maximum Gasteiger partial charge on any atom is 0.263 e. The number of carbonyl (C=O) groups excluding carboxylic acids is 1. The molecule has 0 spiro atoms. The van der Waals surface area contributed by atoms with Gasteiger partial charge >= 0.3 is 0 Å². The van der Waals surface area contributed by atoms with Crippen molar-refractivity contribution in [1.82, 2.24) is 9.88 Å². The fourth-order valence-corrected chi connectivity index (χ4v) is 3.19. The van der Waals surface area contributed by atoms with Crippen LogP contribution in [0, 0.1) is 6.92 Å². The van der Waals surface area contributed by atoms with Crippen LogP contribution in [0.15, 0.2) is 41.2 Å². The van der Waals surface area contributed by atoms with Crippen molar-refractivity contribution in [2.45, 2.75) is 59.4 Å². The summed E-state index contributed by atoms with van der Waals surface area (Å²) in [5, 5.41) is 2.90. The summed E-state index contributed by atoms with van der Waals surface area (Å²) < 4.78 is 1.81. The lowest BCUT2D eigenvalue weighted by Crippen LogP contribution is -2.35. The zero-order valence-electron chi connectivity index (χ0n) is 16.2. The molecule has 1 aromatic carbocycles. The molecule has 1 heterocycles. The number of nitrogens with zero attached hydrogens (tertiary/aromatic N) is 1. The van der Waals surface area contributed by atoms with Crippen molar-refractivity contribution in [2.24, 2.45) is 0 Å². The van der Waals surface area contributed by atoms with Crippen LogP contribution in [0.25, 0.3) is 0 Å². The van der Waals surface area contributed by atoms with E-state index in [1.165, 1.54) is 5.56 Å². The predicted octanol–water partition coefficient (Wildman–Crippen LogP) is 3.88. The molecule has 0 atom stereocenters. The van der Waals surface area contributed by atoms with Gasteiger partial charge in [0.25, 0.3) is 11.5 Å². The standard InChI is InChI=1S/C22H30N2O2/c1-4-6-15-24-20(10-5-2)17(3)16-19(22(24)26)21(25)23-14-13-18-11-8-7-9-12-18/h7-9,11-12,16H,4-6,10,13-15H2,1-3H3,(H,23,25). The second-order valence-electron chi connectivity index (χ2n) is 6.74. The quantitative estimate of drug-likeness (QED) is 0.743. The number of aromatic nitrogens is 1. The Bertz CT molecular complexity index is 779. The van der Waals surface area contributed by atoms with Crippen LogP contribution in [-0.4, -0.2) is 17.0 Å². The number of unbranched alkanes of at least 4 members (excludes halogenated alkanes) is 1. The smallest absolute Gasteiger partial charge is 0.263 e. The molecule has 26 heavy (non-hydrogen) atoms. The average molecular weight is 354 g/mol. The van der Waals surface area contributed by atoms with E-state index in [0.717, 1.165) is 43.4 Å². The third-order valence-electron chi connectivity index (χ3n) is 4.63. The van der Waals surface area contributed by atoms with E-state index >= 15 is 0 Å². The number of pyridine rings is 1. The van der Waals surface area contributed by atoms with E-state index in [1.807, 2.05) is 41.8 Å². The first-order chi connectivity index (χ1) is 12.6. The summed E-state index contributed by atoms with van der Waals surface area (Å²) in [6.07, 6.45) is 4.55. The Balaban J connectivity index is 2.17. The number of aryl methyl sites for hydroxylation is 1. The SMILES string of the molecule is CCCCn1c(CCC)c(C)cc(C(=O)NCCc2ccccc2)c1=O. The van der Waals surface area contributed by atoms with E-state index in [-0.39, 0.29) is 17.0 Å². The van der Waals surface area contributed by atoms with Gasteiger partial charge in [-0.05, 0) is 43.4 Å². The number of carbonyl (C=O) groups is 1. The highest BCUT2D eigenvalue weighted by molar-refractivity contribution is 5.94. The molecule has 2 rings (SSSR count). The fourth-order valence-electron chi connectivity index (χ4n) is 3.19. The minimum absolute atomic E-state index is 0.162. The molecule has 0 saturated heterocycles. The molecule has 0 aliphatic carbocycles. The summed E-state index contributed by atoms with van der Waals surface area (Å²) in [7, 11) is 0. The van der Waals surface area contributed by atoms with Crippen LogP contribution in [0.3, 0.4) is 0 Å². The number of amides is 1. The lowest BCUT2D eigenvalue weighted by Gasteiger charge is -2.17. The van der Waals surface area contributed by atoms with Crippen molar-refractivity contribution in [2.75, 3.05) is 6.54 Å². The Morgan fingerprint density at radius 3 is 2.46 bits per heavy atom. The van der Waals surface area contributed by atoms with Crippen LogP contribution in [0.4, 0.5) is 0 Å². The number of hydrogen-bond acceptors (Lipinski definition) is 2. The fraction of sp³-hybridized carbons (Fsp3) is 0.455. The van der Waals surface area contributed by atoms with E-state index in [1.54, 1.807) is 6.07 Å². The molecule has 4 heteroatoms. The van der Waals surface area contributed by atoms with Gasteiger partial charge in [0.2, 0.25) is 0 Å². The zero-order valence-corrected chi connectivity index (χ0v) is 16.2. The molecule has 0 fully saturated rings. The lowest BCUT2D eigenvalue weighted by molar-refractivity contribution is 0.0952. The number of nitrogens with one attached hydrogen (secondary N) is 1. The van der Waals surface area contributed by atoms with Crippen LogP contribution in [-0.2, 0) is 19.4 Å². The van der Waals surface area contributed by atoms with E-state index in [4.69, 9.17) is 0 Å². The van der Waals surface area contributed by atoms with Crippen molar-refractivity contribution in [3.63, 3.8) is 0 Å². The molecule has 0 aliphatic heterocycles. The van der Waals surface area contributed by atoms with Crippen LogP contribution in [0.2, 0.25) is 0 Å². The highest BCUT2D eigenvalue weighted by Crippen LogP contribution is 2.12. The Morgan fingerprint density at radius 1 is 1.08 bits per heavy atom. The summed E-state index contributed by atoms with van der Waals surface area (Å²) in [5.74, 6) is -0.276. The Hall–Kier alpha value is -2.36. The predicted molar refractivity (Wildman–Crippen MR) is 107 cm³/mol. The van der Waals surface area contributed by atoms with E-state index in [9.17, 15) is 9.59 Å². The molecular weight excluding hydrogens is 324 g/mol. The van der Waals surface area contributed by atoms with Gasteiger partial charge in [-0.25, -0.2) is 0 Å². The molecule has 0 saturated carbocycles. The first kappa shape index (κ1) is 20.0. The normalized spacial score (nSPS) is 10.7. The molecule has 140 valence electrons. The van der Waals surface area contributed by atoms with Gasteiger partial charge < -0.3 is 9.88 Å². The van der Waals surface area contributed by atoms with Crippen LogP contribution >= 0.6 is 0 Å². The first-order valence-electron chi connectivity index (χ1n) is 9.63. The van der Waals surface area contributed by atoms with Gasteiger partial charge in [-0.3, -0.25) is 9.59 Å². The summed E-state index contributed by atoms with van der Waals surface area (Å²) in [4.78, 5) is 25.5.